The Morgan fingerprint density at radius 2 is 1.91 bits per heavy atom. The molecular weight excluding hydrogens is 442 g/mol. The number of halogens is 2. The van der Waals surface area contributed by atoms with Crippen LogP contribution >= 0.6 is 0 Å². The quantitative estimate of drug-likeness (QED) is 0.572. The van der Waals surface area contributed by atoms with Crippen LogP contribution in [0.5, 0.6) is 0 Å². The Morgan fingerprint density at radius 3 is 2.68 bits per heavy atom. The SMILES string of the molecule is COCCN(CC(=O)N1CCn2cccc2C1c1ccccc1F)C(=O)Nc1cccc(F)c1. The van der Waals surface area contributed by atoms with Gasteiger partial charge in [0.2, 0.25) is 5.91 Å². The molecule has 1 atom stereocenters. The number of amides is 3. The van der Waals surface area contributed by atoms with Crippen LogP contribution in [0.4, 0.5) is 19.3 Å². The van der Waals surface area contributed by atoms with Gasteiger partial charge in [0.1, 0.15) is 24.2 Å². The molecule has 4 rings (SSSR count). The number of methoxy groups -OCH3 is 1. The number of urea groups is 1. The van der Waals surface area contributed by atoms with Gasteiger partial charge >= 0.3 is 6.03 Å². The zero-order chi connectivity index (χ0) is 24.1. The van der Waals surface area contributed by atoms with Crippen molar-refractivity contribution in [3.8, 4) is 0 Å². The summed E-state index contributed by atoms with van der Waals surface area (Å²) in [5.74, 6) is -1.22. The van der Waals surface area contributed by atoms with Gasteiger partial charge in [0.05, 0.1) is 6.61 Å². The molecule has 2 aromatic carbocycles. The van der Waals surface area contributed by atoms with Crippen LogP contribution in [-0.2, 0) is 16.1 Å². The molecule has 0 aliphatic carbocycles. The van der Waals surface area contributed by atoms with Gasteiger partial charge in [0.15, 0.2) is 0 Å². The highest BCUT2D eigenvalue weighted by molar-refractivity contribution is 5.92. The zero-order valence-corrected chi connectivity index (χ0v) is 18.8. The van der Waals surface area contributed by atoms with E-state index in [9.17, 15) is 18.4 Å². The van der Waals surface area contributed by atoms with Crippen molar-refractivity contribution >= 4 is 17.6 Å². The molecule has 3 amide bonds. The van der Waals surface area contributed by atoms with Crippen molar-refractivity contribution < 1.29 is 23.1 Å². The Balaban J connectivity index is 1.57. The molecule has 0 saturated carbocycles. The molecule has 1 aliphatic rings. The van der Waals surface area contributed by atoms with E-state index in [1.807, 2.05) is 22.9 Å². The highest BCUT2D eigenvalue weighted by atomic mass is 19.1. The third kappa shape index (κ3) is 5.09. The summed E-state index contributed by atoms with van der Waals surface area (Å²) in [6, 6.07) is 14.5. The molecule has 1 unspecified atom stereocenters. The number of hydrogen-bond acceptors (Lipinski definition) is 3. The highest BCUT2D eigenvalue weighted by Crippen LogP contribution is 2.34. The summed E-state index contributed by atoms with van der Waals surface area (Å²) in [6.07, 6.45) is 1.91. The van der Waals surface area contributed by atoms with Crippen LogP contribution in [0.2, 0.25) is 0 Å². The molecule has 7 nitrogen and oxygen atoms in total. The molecule has 1 N–H and O–H groups in total. The van der Waals surface area contributed by atoms with Crippen LogP contribution in [0.1, 0.15) is 17.3 Å². The van der Waals surface area contributed by atoms with Crippen molar-refractivity contribution in [2.24, 2.45) is 0 Å². The van der Waals surface area contributed by atoms with Gasteiger partial charge in [-0.1, -0.05) is 24.3 Å². The van der Waals surface area contributed by atoms with Gasteiger partial charge in [-0.05, 0) is 36.4 Å². The number of carbonyl (C=O) groups excluding carboxylic acids is 2. The van der Waals surface area contributed by atoms with Gasteiger partial charge in [-0.3, -0.25) is 4.79 Å². The second-order valence-electron chi connectivity index (χ2n) is 7.99. The Kier molecular flexibility index (Phi) is 7.22. The normalized spacial score (nSPS) is 15.0. The van der Waals surface area contributed by atoms with Crippen LogP contribution < -0.4 is 5.32 Å². The summed E-state index contributed by atoms with van der Waals surface area (Å²) >= 11 is 0. The first-order chi connectivity index (χ1) is 16.5. The lowest BCUT2D eigenvalue weighted by atomic mass is 9.99. The van der Waals surface area contributed by atoms with E-state index in [2.05, 4.69) is 5.32 Å². The number of nitrogens with one attached hydrogen (secondary N) is 1. The van der Waals surface area contributed by atoms with Crippen LogP contribution in [0.15, 0.2) is 66.9 Å². The molecule has 0 radical (unpaired) electrons. The Hall–Kier alpha value is -3.72. The standard InChI is InChI=1S/C25H26F2N4O3/c1-34-15-14-30(25(33)28-19-7-4-6-18(26)16-19)17-23(32)31-13-12-29-11-5-10-22(29)24(31)20-8-2-3-9-21(20)27/h2-11,16,24H,12-15,17H2,1H3,(H,28,33). The Labute approximate surface area is 196 Å². The molecule has 0 spiro atoms. The first-order valence-electron chi connectivity index (χ1n) is 11.0. The number of fused-ring (bicyclic) bond motifs is 1. The largest absolute Gasteiger partial charge is 0.383 e. The molecule has 3 aromatic rings. The predicted molar refractivity (Wildman–Crippen MR) is 123 cm³/mol. The Bertz CT molecular complexity index is 1170. The summed E-state index contributed by atoms with van der Waals surface area (Å²) in [5, 5.41) is 2.62. The number of rotatable bonds is 7. The first kappa shape index (κ1) is 23.4. The molecule has 34 heavy (non-hydrogen) atoms. The number of carbonyl (C=O) groups is 2. The number of nitrogens with zero attached hydrogens (tertiary/aromatic N) is 3. The monoisotopic (exact) mass is 468 g/mol. The van der Waals surface area contributed by atoms with Crippen LogP contribution in [0.25, 0.3) is 0 Å². The van der Waals surface area contributed by atoms with Gasteiger partial charge < -0.3 is 24.4 Å². The van der Waals surface area contributed by atoms with Crippen molar-refractivity contribution in [1.82, 2.24) is 14.4 Å². The van der Waals surface area contributed by atoms with Crippen LogP contribution in [-0.4, -0.2) is 59.7 Å². The number of aromatic nitrogens is 1. The average Bonchev–Trinajstić information content (AvgIpc) is 3.30. The Morgan fingerprint density at radius 1 is 1.09 bits per heavy atom. The number of anilines is 1. The summed E-state index contributed by atoms with van der Waals surface area (Å²) in [6.45, 7) is 1.05. The van der Waals surface area contributed by atoms with E-state index in [4.69, 9.17) is 4.74 Å². The minimum atomic E-state index is -0.618. The average molecular weight is 469 g/mol. The van der Waals surface area contributed by atoms with E-state index in [0.717, 1.165) is 5.69 Å². The van der Waals surface area contributed by atoms with Gasteiger partial charge in [-0.15, -0.1) is 0 Å². The molecule has 2 heterocycles. The smallest absolute Gasteiger partial charge is 0.322 e. The fraction of sp³-hybridized carbons (Fsp3) is 0.280. The minimum absolute atomic E-state index is 0.151. The fourth-order valence-electron chi connectivity index (χ4n) is 4.15. The van der Waals surface area contributed by atoms with E-state index in [0.29, 0.717) is 18.7 Å². The highest BCUT2D eigenvalue weighted by Gasteiger charge is 2.34. The van der Waals surface area contributed by atoms with Crippen LogP contribution in [0.3, 0.4) is 0 Å². The van der Waals surface area contributed by atoms with E-state index >= 15 is 0 Å². The molecule has 1 aromatic heterocycles. The lowest BCUT2D eigenvalue weighted by molar-refractivity contribution is -0.134. The van der Waals surface area contributed by atoms with E-state index in [-0.39, 0.29) is 31.3 Å². The summed E-state index contributed by atoms with van der Waals surface area (Å²) in [5.41, 5.74) is 1.47. The van der Waals surface area contributed by atoms with Gasteiger partial charge in [-0.25, -0.2) is 13.6 Å². The van der Waals surface area contributed by atoms with E-state index < -0.39 is 23.7 Å². The third-order valence-corrected chi connectivity index (χ3v) is 5.81. The molecule has 0 fully saturated rings. The maximum absolute atomic E-state index is 14.8. The lowest BCUT2D eigenvalue weighted by Gasteiger charge is -2.38. The van der Waals surface area contributed by atoms with Crippen molar-refractivity contribution in [1.29, 1.82) is 0 Å². The number of benzene rings is 2. The summed E-state index contributed by atoms with van der Waals surface area (Å²) in [4.78, 5) is 29.3. The third-order valence-electron chi connectivity index (χ3n) is 5.81. The van der Waals surface area contributed by atoms with E-state index in [1.54, 1.807) is 29.2 Å². The second kappa shape index (κ2) is 10.5. The van der Waals surface area contributed by atoms with Gasteiger partial charge in [0, 0.05) is 49.9 Å². The maximum Gasteiger partial charge on any atom is 0.322 e. The predicted octanol–water partition coefficient (Wildman–Crippen LogP) is 3.88. The summed E-state index contributed by atoms with van der Waals surface area (Å²) in [7, 11) is 1.50. The molecular formula is C25H26F2N4O3. The molecule has 0 bridgehead atoms. The van der Waals surface area contributed by atoms with Gasteiger partial charge in [0.25, 0.3) is 0 Å². The summed E-state index contributed by atoms with van der Waals surface area (Å²) < 4.78 is 35.4. The number of ether oxygens (including phenoxy) is 1. The van der Waals surface area contributed by atoms with Crippen molar-refractivity contribution in [3.05, 3.63) is 89.8 Å². The van der Waals surface area contributed by atoms with E-state index in [1.165, 1.54) is 36.3 Å². The topological polar surface area (TPSA) is 66.8 Å². The molecule has 1 aliphatic heterocycles. The van der Waals surface area contributed by atoms with Gasteiger partial charge in [-0.2, -0.15) is 0 Å². The van der Waals surface area contributed by atoms with Crippen LogP contribution in [0, 0.1) is 11.6 Å². The number of hydrogen-bond donors (Lipinski definition) is 1. The molecule has 9 heteroatoms. The second-order valence-corrected chi connectivity index (χ2v) is 7.99. The van der Waals surface area contributed by atoms with Crippen molar-refractivity contribution in [3.63, 3.8) is 0 Å². The lowest BCUT2D eigenvalue weighted by Crippen LogP contribution is -2.49. The molecule has 0 saturated heterocycles. The first-order valence-corrected chi connectivity index (χ1v) is 11.0. The van der Waals surface area contributed by atoms with Crippen molar-refractivity contribution in [2.45, 2.75) is 12.6 Å². The zero-order valence-electron chi connectivity index (χ0n) is 18.8. The fourth-order valence-corrected chi connectivity index (χ4v) is 4.15. The molecule has 178 valence electrons. The van der Waals surface area contributed by atoms with Crippen molar-refractivity contribution in [2.75, 3.05) is 38.7 Å². The minimum Gasteiger partial charge on any atom is -0.383 e. The maximum atomic E-state index is 14.8.